The molecule has 1 amide bonds. The van der Waals surface area contributed by atoms with E-state index in [1.165, 1.54) is 25.1 Å². The first-order valence-corrected chi connectivity index (χ1v) is 11.7. The molecule has 11 nitrogen and oxygen atoms in total. The van der Waals surface area contributed by atoms with Gasteiger partial charge in [-0.15, -0.1) is 0 Å². The SMILES string of the molecule is CC(=O)Nc1ccccc1[As](=O)(O)OO.Nc1cc(S(=O)(=O)O)ccc1O. The van der Waals surface area contributed by atoms with Crippen molar-refractivity contribution in [3.63, 3.8) is 0 Å². The summed E-state index contributed by atoms with van der Waals surface area (Å²) in [5, 5.41) is 19.6. The van der Waals surface area contributed by atoms with Crippen LogP contribution in [0.4, 0.5) is 11.4 Å². The Morgan fingerprint density at radius 3 is 2.30 bits per heavy atom. The van der Waals surface area contributed by atoms with Gasteiger partial charge < -0.3 is 10.8 Å². The Labute approximate surface area is 157 Å². The van der Waals surface area contributed by atoms with Gasteiger partial charge in [-0.05, 0) is 18.2 Å². The molecule has 0 aromatic heterocycles. The molecule has 0 heterocycles. The van der Waals surface area contributed by atoms with Crippen molar-refractivity contribution in [2.75, 3.05) is 11.1 Å². The molecule has 1 unspecified atom stereocenters. The number of hydrogen-bond donors (Lipinski definition) is 6. The fourth-order valence-corrected chi connectivity index (χ4v) is 3.94. The predicted molar refractivity (Wildman–Crippen MR) is 95.1 cm³/mol. The summed E-state index contributed by atoms with van der Waals surface area (Å²) in [5.74, 6) is -0.599. The second-order valence-electron chi connectivity index (χ2n) is 5.00. The van der Waals surface area contributed by atoms with Gasteiger partial charge in [-0.2, -0.15) is 8.42 Å². The summed E-state index contributed by atoms with van der Waals surface area (Å²) in [6.45, 7) is 1.27. The van der Waals surface area contributed by atoms with Crippen LogP contribution in [0.1, 0.15) is 6.92 Å². The molecule has 27 heavy (non-hydrogen) atoms. The summed E-state index contributed by atoms with van der Waals surface area (Å²) >= 11 is -4.92. The Morgan fingerprint density at radius 1 is 1.22 bits per heavy atom. The van der Waals surface area contributed by atoms with E-state index < -0.39 is 24.3 Å². The maximum absolute atomic E-state index is 11.4. The monoisotopic (exact) mass is 464 g/mol. The number of benzene rings is 2. The number of aromatic hydroxyl groups is 1. The minimum absolute atomic E-state index is 0.0925. The van der Waals surface area contributed by atoms with Gasteiger partial charge in [0.15, 0.2) is 0 Å². The summed E-state index contributed by atoms with van der Waals surface area (Å²) in [4.78, 5) is 10.5. The summed E-state index contributed by atoms with van der Waals surface area (Å²) in [6, 6.07) is 8.97. The molecule has 0 aliphatic carbocycles. The van der Waals surface area contributed by atoms with Crippen molar-refractivity contribution in [1.82, 2.24) is 0 Å². The first-order valence-electron chi connectivity index (χ1n) is 6.97. The van der Waals surface area contributed by atoms with E-state index in [2.05, 4.69) is 9.19 Å². The molecule has 0 spiro atoms. The smallest absolute Gasteiger partial charge is 0.294 e. The Kier molecular flexibility index (Phi) is 7.60. The fourth-order valence-electron chi connectivity index (χ4n) is 1.75. The summed E-state index contributed by atoms with van der Waals surface area (Å²) < 4.78 is 53.7. The van der Waals surface area contributed by atoms with Crippen LogP contribution in [0.2, 0.25) is 0 Å². The number of para-hydroxylation sites is 1. The van der Waals surface area contributed by atoms with Gasteiger partial charge >= 0.3 is 88.4 Å². The van der Waals surface area contributed by atoms with E-state index in [9.17, 15) is 21.0 Å². The Morgan fingerprint density at radius 2 is 1.81 bits per heavy atom. The van der Waals surface area contributed by atoms with Crippen molar-refractivity contribution >= 4 is 45.9 Å². The molecule has 2 rings (SSSR count). The van der Waals surface area contributed by atoms with E-state index in [1.54, 1.807) is 6.07 Å². The van der Waals surface area contributed by atoms with Gasteiger partial charge in [0.2, 0.25) is 0 Å². The minimum atomic E-state index is -4.92. The predicted octanol–water partition coefficient (Wildman–Crippen LogP) is -0.0756. The van der Waals surface area contributed by atoms with Crippen LogP contribution in [0.15, 0.2) is 47.4 Å². The number of phenolic OH excluding ortho intramolecular Hbond substituents is 1. The summed E-state index contributed by atoms with van der Waals surface area (Å²) in [7, 11) is -4.23. The van der Waals surface area contributed by atoms with Crippen LogP contribution in [0.25, 0.3) is 0 Å². The van der Waals surface area contributed by atoms with E-state index >= 15 is 0 Å². The number of carbonyl (C=O) groups excluding carboxylic acids is 1. The largest absolute Gasteiger partial charge is 0.506 e. The van der Waals surface area contributed by atoms with Gasteiger partial charge in [0.05, 0.1) is 10.6 Å². The Bertz CT molecular complexity index is 978. The third-order valence-corrected chi connectivity index (χ3v) is 6.34. The van der Waals surface area contributed by atoms with Crippen LogP contribution in [-0.4, -0.2) is 47.5 Å². The van der Waals surface area contributed by atoms with E-state index in [0.717, 1.165) is 18.2 Å². The zero-order chi connectivity index (χ0) is 20.8. The van der Waals surface area contributed by atoms with Crippen molar-refractivity contribution in [3.8, 4) is 5.75 Å². The van der Waals surface area contributed by atoms with Crippen LogP contribution in [-0.2, 0) is 22.5 Å². The maximum Gasteiger partial charge on any atom is 0.294 e. The number of anilines is 2. The molecule has 148 valence electrons. The van der Waals surface area contributed by atoms with Gasteiger partial charge in [-0.3, -0.25) is 4.55 Å². The average Bonchev–Trinajstić information content (AvgIpc) is 2.57. The number of carbonyl (C=O) groups is 1. The zero-order valence-electron chi connectivity index (χ0n) is 13.8. The molecule has 0 aliphatic heterocycles. The average molecular weight is 464 g/mol. The van der Waals surface area contributed by atoms with Gasteiger partial charge in [0, 0.05) is 0 Å². The molecular formula is C14H17AsN2O9S. The maximum atomic E-state index is 11.4. The molecule has 0 fully saturated rings. The van der Waals surface area contributed by atoms with E-state index in [-0.39, 0.29) is 32.3 Å². The second-order valence-corrected chi connectivity index (χ2v) is 9.95. The molecule has 0 aliphatic rings. The molecule has 0 saturated heterocycles. The molecular weight excluding hydrogens is 447 g/mol. The van der Waals surface area contributed by atoms with Crippen molar-refractivity contribution in [2.45, 2.75) is 11.8 Å². The molecule has 1 atom stereocenters. The molecule has 2 aromatic carbocycles. The number of amides is 1. The van der Waals surface area contributed by atoms with Crippen molar-refractivity contribution in [2.24, 2.45) is 0 Å². The van der Waals surface area contributed by atoms with Gasteiger partial charge in [-0.25, -0.2) is 0 Å². The van der Waals surface area contributed by atoms with Crippen LogP contribution < -0.4 is 15.4 Å². The summed E-state index contributed by atoms with van der Waals surface area (Å²) in [6.07, 6.45) is 0. The minimum Gasteiger partial charge on any atom is -0.506 e. The van der Waals surface area contributed by atoms with Crippen LogP contribution in [0, 0.1) is 0 Å². The van der Waals surface area contributed by atoms with Crippen LogP contribution in [0.5, 0.6) is 5.75 Å². The normalized spacial score (nSPS) is 13.0. The Balaban J connectivity index is 0.000000277. The first kappa shape index (κ1) is 22.7. The standard InChI is InChI=1S/C8H10AsNO5.C6H7NO4S/c1-6(11)10-8-5-3-2-4-7(8)9(12,13)15-14;7-5-3-4(12(9,10)11)1-2-6(5)8/h2-5,14H,1H3,(H,10,11)(H,12,13);1-3,8H,7H2,(H,9,10,11). The van der Waals surface area contributed by atoms with Crippen molar-refractivity contribution < 1.29 is 39.8 Å². The quantitative estimate of drug-likeness (QED) is 0.0889. The molecule has 0 radical (unpaired) electrons. The first-order chi connectivity index (χ1) is 12.4. The molecule has 13 heteroatoms. The number of nitrogens with two attached hydrogens (primary N) is 1. The van der Waals surface area contributed by atoms with Gasteiger partial charge in [0.25, 0.3) is 10.1 Å². The van der Waals surface area contributed by atoms with Crippen LogP contribution >= 0.6 is 0 Å². The number of nitrogens with one attached hydrogen (secondary N) is 1. The number of nitrogen functional groups attached to an aromatic ring is 1. The van der Waals surface area contributed by atoms with E-state index in [0.29, 0.717) is 0 Å². The number of rotatable bonds is 4. The Hall–Kier alpha value is -2.34. The number of phenols is 1. The summed E-state index contributed by atoms with van der Waals surface area (Å²) in [5.41, 5.74) is 5.26. The zero-order valence-corrected chi connectivity index (χ0v) is 16.5. The third kappa shape index (κ3) is 6.71. The van der Waals surface area contributed by atoms with Crippen molar-refractivity contribution in [3.05, 3.63) is 42.5 Å². The third-order valence-electron chi connectivity index (χ3n) is 2.93. The fraction of sp³-hybridized carbons (Fsp3) is 0.0714. The second kappa shape index (κ2) is 9.04. The molecule has 0 saturated carbocycles. The molecule has 2 aromatic rings. The van der Waals surface area contributed by atoms with E-state index in [1.807, 2.05) is 0 Å². The van der Waals surface area contributed by atoms with Crippen LogP contribution in [0.3, 0.4) is 0 Å². The topological polar surface area (TPSA) is 196 Å². The van der Waals surface area contributed by atoms with E-state index in [4.69, 9.17) is 20.7 Å². The van der Waals surface area contributed by atoms with Gasteiger partial charge in [0.1, 0.15) is 5.75 Å². The molecule has 0 bridgehead atoms. The van der Waals surface area contributed by atoms with Crippen molar-refractivity contribution in [1.29, 1.82) is 0 Å². The number of hydrogen-bond acceptors (Lipinski definition) is 8. The molecule has 7 N–H and O–H groups in total. The van der Waals surface area contributed by atoms with Gasteiger partial charge in [-0.1, -0.05) is 0 Å².